The number of aromatic nitrogens is 2. The van der Waals surface area contributed by atoms with Crippen LogP contribution in [-0.4, -0.2) is 22.1 Å². The van der Waals surface area contributed by atoms with Crippen molar-refractivity contribution >= 4 is 35.3 Å². The summed E-state index contributed by atoms with van der Waals surface area (Å²) in [5.41, 5.74) is 4.55. The van der Waals surface area contributed by atoms with E-state index in [0.717, 1.165) is 4.68 Å². The molecule has 0 saturated carbocycles. The van der Waals surface area contributed by atoms with Crippen molar-refractivity contribution < 1.29 is 22.8 Å². The van der Waals surface area contributed by atoms with E-state index >= 15 is 0 Å². The quantitative estimate of drug-likeness (QED) is 0.295. The van der Waals surface area contributed by atoms with Crippen LogP contribution in [0.3, 0.4) is 0 Å². The predicted octanol–water partition coefficient (Wildman–Crippen LogP) is 2.12. The molecule has 1 aromatic heterocycles. The summed E-state index contributed by atoms with van der Waals surface area (Å²) in [5, 5.41) is 6.70. The van der Waals surface area contributed by atoms with Gasteiger partial charge in [-0.25, -0.2) is 10.9 Å². The molecule has 0 spiro atoms. The molecule has 0 fully saturated rings. The Hall–Kier alpha value is -2.63. The van der Waals surface area contributed by atoms with Gasteiger partial charge >= 0.3 is 6.18 Å². The first-order valence-electron chi connectivity index (χ1n) is 7.60. The number of hydrogen-bond donors (Lipinski definition) is 3. The Morgan fingerprint density at radius 1 is 1.41 bits per heavy atom. The molecule has 1 heterocycles. The summed E-state index contributed by atoms with van der Waals surface area (Å²) >= 11 is 5.95. The van der Waals surface area contributed by atoms with Crippen molar-refractivity contribution in [2.24, 2.45) is 11.6 Å². The van der Waals surface area contributed by atoms with E-state index in [0.29, 0.717) is 16.6 Å². The minimum Gasteiger partial charge on any atom is -0.326 e. The molecule has 5 N–H and O–H groups in total. The molecule has 0 aliphatic rings. The van der Waals surface area contributed by atoms with Crippen LogP contribution in [0.15, 0.2) is 18.2 Å². The fourth-order valence-electron chi connectivity index (χ4n) is 2.37. The molecule has 0 bridgehead atoms. The van der Waals surface area contributed by atoms with Gasteiger partial charge in [0, 0.05) is 24.2 Å². The van der Waals surface area contributed by atoms with Crippen molar-refractivity contribution in [1.82, 2.24) is 9.78 Å². The molecule has 8 nitrogen and oxygen atoms in total. The van der Waals surface area contributed by atoms with E-state index in [9.17, 15) is 22.8 Å². The van der Waals surface area contributed by atoms with E-state index < -0.39 is 17.8 Å². The predicted molar refractivity (Wildman–Crippen MR) is 92.9 cm³/mol. The van der Waals surface area contributed by atoms with E-state index in [2.05, 4.69) is 10.4 Å². The molecule has 2 rings (SSSR count). The summed E-state index contributed by atoms with van der Waals surface area (Å²) in [6, 6.07) is 3.39. The monoisotopic (exact) mass is 404 g/mol. The maximum Gasteiger partial charge on any atom is 0.435 e. The van der Waals surface area contributed by atoms with E-state index in [4.69, 9.17) is 23.2 Å². The number of rotatable bonds is 6. The number of nitrogens with zero attached hydrogens (tertiary/aromatic N) is 3. The number of nitrogens with one attached hydrogen (secondary N) is 1. The van der Waals surface area contributed by atoms with Crippen molar-refractivity contribution in [2.45, 2.75) is 26.2 Å². The van der Waals surface area contributed by atoms with Gasteiger partial charge in [0.05, 0.1) is 11.4 Å². The normalized spacial score (nSPS) is 11.4. The van der Waals surface area contributed by atoms with E-state index in [1.165, 1.54) is 19.1 Å². The van der Waals surface area contributed by atoms with Crippen molar-refractivity contribution in [1.29, 1.82) is 0 Å². The standard InChI is InChI=1S/C15H16ClF3N6O2/c1-2-25-11(5-12(23-25)15(17,18)19)14(27)22-13-8(6-20)3-9(16)4-10(13)24(21)7-26/h3-5,7H,2,6,20-21H2,1H3,(H,22,27). The zero-order valence-corrected chi connectivity index (χ0v) is 14.8. The topological polar surface area (TPSA) is 119 Å². The highest BCUT2D eigenvalue weighted by molar-refractivity contribution is 6.31. The number of anilines is 2. The molecule has 2 amide bonds. The molecule has 0 unspecified atom stereocenters. The molecular weight excluding hydrogens is 389 g/mol. The molecule has 12 heteroatoms. The molecular formula is C15H16ClF3N6O2. The average Bonchev–Trinajstić information content (AvgIpc) is 3.06. The van der Waals surface area contributed by atoms with Gasteiger partial charge in [-0.05, 0) is 24.6 Å². The first kappa shape index (κ1) is 20.7. The molecule has 0 radical (unpaired) electrons. The minimum absolute atomic E-state index is 0.0323. The third-order valence-electron chi connectivity index (χ3n) is 3.62. The molecule has 2 aromatic rings. The lowest BCUT2D eigenvalue weighted by molar-refractivity contribution is -0.141. The third-order valence-corrected chi connectivity index (χ3v) is 3.83. The van der Waals surface area contributed by atoms with Crippen LogP contribution in [0.25, 0.3) is 0 Å². The molecule has 0 aliphatic heterocycles. The van der Waals surface area contributed by atoms with Gasteiger partial charge in [-0.2, -0.15) is 18.3 Å². The Kier molecular flexibility index (Phi) is 6.08. The number of benzene rings is 1. The number of halogens is 4. The smallest absolute Gasteiger partial charge is 0.326 e. The van der Waals surface area contributed by atoms with Crippen LogP contribution in [0.5, 0.6) is 0 Å². The van der Waals surface area contributed by atoms with Crippen LogP contribution in [-0.2, 0) is 24.1 Å². The second kappa shape index (κ2) is 7.94. The Bertz CT molecular complexity index is 868. The van der Waals surface area contributed by atoms with E-state index in [1.54, 1.807) is 0 Å². The Labute approximate surface area is 156 Å². The number of carbonyl (C=O) groups excluding carboxylic acids is 2. The van der Waals surface area contributed by atoms with Gasteiger partial charge in [0.15, 0.2) is 5.69 Å². The number of aryl methyl sites for hydroxylation is 1. The summed E-state index contributed by atoms with van der Waals surface area (Å²) in [4.78, 5) is 23.6. The van der Waals surface area contributed by atoms with Crippen molar-refractivity contribution in [3.05, 3.63) is 40.2 Å². The summed E-state index contributed by atoms with van der Waals surface area (Å²) in [7, 11) is 0. The van der Waals surface area contributed by atoms with Crippen molar-refractivity contribution in [3.63, 3.8) is 0 Å². The van der Waals surface area contributed by atoms with Crippen LogP contribution >= 0.6 is 11.6 Å². The van der Waals surface area contributed by atoms with Crippen LogP contribution in [0.1, 0.15) is 28.7 Å². The average molecular weight is 405 g/mol. The van der Waals surface area contributed by atoms with Crippen LogP contribution < -0.4 is 21.9 Å². The minimum atomic E-state index is -4.70. The lowest BCUT2D eigenvalue weighted by atomic mass is 10.1. The second-order valence-electron chi connectivity index (χ2n) is 5.36. The molecule has 0 aliphatic carbocycles. The van der Waals surface area contributed by atoms with Gasteiger partial charge in [-0.15, -0.1) is 0 Å². The SMILES string of the molecule is CCn1nc(C(F)(F)F)cc1C(=O)Nc1c(CN)cc(Cl)cc1N(N)C=O. The third kappa shape index (κ3) is 4.38. The van der Waals surface area contributed by atoms with Crippen LogP contribution in [0.4, 0.5) is 24.5 Å². The number of alkyl halides is 3. The van der Waals surface area contributed by atoms with Crippen molar-refractivity contribution in [3.8, 4) is 0 Å². The molecule has 0 atom stereocenters. The zero-order chi connectivity index (χ0) is 20.4. The second-order valence-corrected chi connectivity index (χ2v) is 5.79. The highest BCUT2D eigenvalue weighted by Gasteiger charge is 2.35. The highest BCUT2D eigenvalue weighted by Crippen LogP contribution is 2.33. The maximum absolute atomic E-state index is 12.9. The van der Waals surface area contributed by atoms with E-state index in [-0.39, 0.29) is 41.6 Å². The highest BCUT2D eigenvalue weighted by atomic mass is 35.5. The molecule has 27 heavy (non-hydrogen) atoms. The number of amides is 2. The summed E-state index contributed by atoms with van der Waals surface area (Å²) in [6.07, 6.45) is -4.42. The van der Waals surface area contributed by atoms with Gasteiger partial charge in [-0.1, -0.05) is 11.6 Å². The van der Waals surface area contributed by atoms with Gasteiger partial charge in [0.25, 0.3) is 5.91 Å². The largest absolute Gasteiger partial charge is 0.435 e. The summed E-state index contributed by atoms with van der Waals surface area (Å²) < 4.78 is 39.6. The van der Waals surface area contributed by atoms with Gasteiger partial charge in [0.1, 0.15) is 5.69 Å². The molecule has 1 aromatic carbocycles. The van der Waals surface area contributed by atoms with Crippen molar-refractivity contribution in [2.75, 3.05) is 10.3 Å². The number of hydrogen-bond acceptors (Lipinski definition) is 5. The lowest BCUT2D eigenvalue weighted by Gasteiger charge is -2.19. The lowest BCUT2D eigenvalue weighted by Crippen LogP contribution is -2.31. The fourth-order valence-corrected chi connectivity index (χ4v) is 2.61. The Morgan fingerprint density at radius 3 is 2.59 bits per heavy atom. The van der Waals surface area contributed by atoms with Crippen LogP contribution in [0.2, 0.25) is 5.02 Å². The summed E-state index contributed by atoms with van der Waals surface area (Å²) in [5.74, 6) is 4.69. The maximum atomic E-state index is 12.9. The van der Waals surface area contributed by atoms with Gasteiger partial charge in [-0.3, -0.25) is 14.3 Å². The number of carbonyl (C=O) groups is 2. The first-order valence-corrected chi connectivity index (χ1v) is 7.98. The van der Waals surface area contributed by atoms with Crippen LogP contribution in [0, 0.1) is 0 Å². The first-order chi connectivity index (χ1) is 12.6. The summed E-state index contributed by atoms with van der Waals surface area (Å²) in [6.45, 7) is 1.50. The molecule has 146 valence electrons. The van der Waals surface area contributed by atoms with E-state index in [1.807, 2.05) is 0 Å². The Balaban J connectivity index is 2.50. The fraction of sp³-hybridized carbons (Fsp3) is 0.267. The zero-order valence-electron chi connectivity index (χ0n) is 14.0. The van der Waals surface area contributed by atoms with Gasteiger partial charge < -0.3 is 11.1 Å². The van der Waals surface area contributed by atoms with Gasteiger partial charge in [0.2, 0.25) is 6.41 Å². The number of hydrazine groups is 1. The molecule has 0 saturated heterocycles. The Morgan fingerprint density at radius 2 is 2.07 bits per heavy atom. The number of nitrogens with two attached hydrogens (primary N) is 2.